The zero-order valence-electron chi connectivity index (χ0n) is 8.59. The molecule has 0 radical (unpaired) electrons. The first kappa shape index (κ1) is 9.85. The molecule has 0 fully saturated rings. The molecular formula is C12H17N. The van der Waals surface area contributed by atoms with Gasteiger partial charge in [0.05, 0.1) is 0 Å². The first-order chi connectivity index (χ1) is 6.27. The zero-order chi connectivity index (χ0) is 9.68. The summed E-state index contributed by atoms with van der Waals surface area (Å²) in [5.74, 6) is 0. The molecule has 13 heavy (non-hydrogen) atoms. The van der Waals surface area contributed by atoms with Crippen LogP contribution in [0.4, 0.5) is 0 Å². The standard InChI is InChI=1S/C12H17N/c1-4-11-7-5-6-10(2)12(13-3)9-8-11/h5-9,13H,4H2,1-3H3/b6-5?,7-5+,9-8?,10-6+,11-7?,11-8-,12-9+,12-10?. The van der Waals surface area contributed by atoms with Gasteiger partial charge >= 0.3 is 0 Å². The Hall–Kier alpha value is -1.24. The molecule has 1 N–H and O–H groups in total. The van der Waals surface area contributed by atoms with Gasteiger partial charge in [-0.1, -0.05) is 31.2 Å². The van der Waals surface area contributed by atoms with Crippen LogP contribution < -0.4 is 5.32 Å². The molecule has 0 heterocycles. The van der Waals surface area contributed by atoms with Crippen LogP contribution in [-0.2, 0) is 0 Å². The molecule has 0 aromatic rings. The van der Waals surface area contributed by atoms with Crippen LogP contribution in [0.1, 0.15) is 20.3 Å². The molecule has 1 aliphatic carbocycles. The average molecular weight is 175 g/mol. The number of rotatable bonds is 2. The topological polar surface area (TPSA) is 12.0 Å². The first-order valence-electron chi connectivity index (χ1n) is 4.72. The normalized spacial score (nSPS) is 31.2. The molecule has 0 aromatic heterocycles. The van der Waals surface area contributed by atoms with Crippen molar-refractivity contribution in [1.82, 2.24) is 5.32 Å². The molecule has 0 aliphatic heterocycles. The Morgan fingerprint density at radius 3 is 2.62 bits per heavy atom. The summed E-state index contributed by atoms with van der Waals surface area (Å²) in [6, 6.07) is 0. The predicted octanol–water partition coefficient (Wildman–Crippen LogP) is 2.94. The van der Waals surface area contributed by atoms with E-state index in [0.717, 1.165) is 6.42 Å². The number of hydrogen-bond donors (Lipinski definition) is 1. The summed E-state index contributed by atoms with van der Waals surface area (Å²) in [4.78, 5) is 0. The van der Waals surface area contributed by atoms with E-state index in [0.29, 0.717) is 0 Å². The third kappa shape index (κ3) is 2.62. The molecule has 1 aliphatic rings. The fourth-order valence-electron chi connectivity index (χ4n) is 1.30. The van der Waals surface area contributed by atoms with Gasteiger partial charge in [-0.25, -0.2) is 0 Å². The molecule has 0 saturated heterocycles. The highest BCUT2D eigenvalue weighted by molar-refractivity contribution is 5.39. The second-order valence-corrected chi connectivity index (χ2v) is 3.13. The first-order valence-corrected chi connectivity index (χ1v) is 4.72. The number of likely N-dealkylation sites (N-methyl/N-ethyl adjacent to an activating group) is 1. The van der Waals surface area contributed by atoms with Crippen molar-refractivity contribution in [3.05, 3.63) is 47.2 Å². The Morgan fingerprint density at radius 1 is 1.23 bits per heavy atom. The highest BCUT2D eigenvalue weighted by Gasteiger charge is 1.96. The Morgan fingerprint density at radius 2 is 2.00 bits per heavy atom. The van der Waals surface area contributed by atoms with Crippen molar-refractivity contribution in [1.29, 1.82) is 0 Å². The van der Waals surface area contributed by atoms with Gasteiger partial charge in [0.2, 0.25) is 0 Å². The largest absolute Gasteiger partial charge is 0.388 e. The lowest BCUT2D eigenvalue weighted by Gasteiger charge is -2.07. The number of hydrogen-bond acceptors (Lipinski definition) is 1. The second-order valence-electron chi connectivity index (χ2n) is 3.13. The summed E-state index contributed by atoms with van der Waals surface area (Å²) in [5, 5.41) is 3.18. The quantitative estimate of drug-likeness (QED) is 0.680. The second kappa shape index (κ2) is 4.70. The van der Waals surface area contributed by atoms with Gasteiger partial charge in [-0.05, 0) is 30.6 Å². The van der Waals surface area contributed by atoms with Crippen molar-refractivity contribution >= 4 is 0 Å². The van der Waals surface area contributed by atoms with Crippen LogP contribution in [0.3, 0.4) is 0 Å². The Kier molecular flexibility index (Phi) is 3.56. The van der Waals surface area contributed by atoms with Crippen molar-refractivity contribution in [3.63, 3.8) is 0 Å². The lowest BCUT2D eigenvalue weighted by Crippen LogP contribution is -2.06. The van der Waals surface area contributed by atoms with Crippen molar-refractivity contribution in [2.24, 2.45) is 0 Å². The van der Waals surface area contributed by atoms with E-state index in [2.05, 4.69) is 49.5 Å². The van der Waals surface area contributed by atoms with Gasteiger partial charge in [0, 0.05) is 12.7 Å². The zero-order valence-corrected chi connectivity index (χ0v) is 8.59. The Labute approximate surface area is 80.5 Å². The van der Waals surface area contributed by atoms with Crippen molar-refractivity contribution in [3.8, 4) is 0 Å². The van der Waals surface area contributed by atoms with Gasteiger partial charge in [-0.15, -0.1) is 0 Å². The molecule has 1 nitrogen and oxygen atoms in total. The van der Waals surface area contributed by atoms with Crippen LogP contribution in [-0.4, -0.2) is 7.05 Å². The fourth-order valence-corrected chi connectivity index (χ4v) is 1.30. The third-order valence-corrected chi connectivity index (χ3v) is 2.22. The molecule has 0 bridgehead atoms. The van der Waals surface area contributed by atoms with E-state index in [-0.39, 0.29) is 0 Å². The third-order valence-electron chi connectivity index (χ3n) is 2.22. The predicted molar refractivity (Wildman–Crippen MR) is 58.4 cm³/mol. The van der Waals surface area contributed by atoms with Gasteiger partial charge in [0.15, 0.2) is 0 Å². The minimum absolute atomic E-state index is 1.08. The van der Waals surface area contributed by atoms with Crippen molar-refractivity contribution in [2.45, 2.75) is 20.3 Å². The fraction of sp³-hybridized carbons (Fsp3) is 0.333. The maximum absolute atomic E-state index is 3.18. The van der Waals surface area contributed by atoms with Gasteiger partial charge < -0.3 is 5.32 Å². The summed E-state index contributed by atoms with van der Waals surface area (Å²) in [5.41, 5.74) is 3.82. The SMILES string of the molecule is CCC1=C/C=C(NC)\C(C)=C\C=C\1. The summed E-state index contributed by atoms with van der Waals surface area (Å²) in [7, 11) is 1.95. The van der Waals surface area contributed by atoms with Crippen molar-refractivity contribution < 1.29 is 0 Å². The molecule has 0 spiro atoms. The van der Waals surface area contributed by atoms with E-state index in [1.54, 1.807) is 0 Å². The molecule has 1 rings (SSSR count). The molecule has 0 unspecified atom stereocenters. The maximum atomic E-state index is 3.18. The van der Waals surface area contributed by atoms with Gasteiger partial charge in [0.25, 0.3) is 0 Å². The van der Waals surface area contributed by atoms with E-state index in [1.807, 2.05) is 7.05 Å². The van der Waals surface area contributed by atoms with E-state index in [4.69, 9.17) is 0 Å². The maximum Gasteiger partial charge on any atom is 0.0367 e. The van der Waals surface area contributed by atoms with Crippen LogP contribution in [0.5, 0.6) is 0 Å². The van der Waals surface area contributed by atoms with Gasteiger partial charge in [-0.3, -0.25) is 0 Å². The van der Waals surface area contributed by atoms with Gasteiger partial charge in [-0.2, -0.15) is 0 Å². The van der Waals surface area contributed by atoms with Gasteiger partial charge in [0.1, 0.15) is 0 Å². The van der Waals surface area contributed by atoms with E-state index < -0.39 is 0 Å². The monoisotopic (exact) mass is 175 g/mol. The Balaban J connectivity index is 2.95. The molecule has 70 valence electrons. The Bertz CT molecular complexity index is 290. The molecular weight excluding hydrogens is 158 g/mol. The molecule has 1 heteroatoms. The molecule has 0 atom stereocenters. The highest BCUT2D eigenvalue weighted by atomic mass is 14.8. The smallest absolute Gasteiger partial charge is 0.0367 e. The van der Waals surface area contributed by atoms with Crippen molar-refractivity contribution in [2.75, 3.05) is 7.05 Å². The van der Waals surface area contributed by atoms with E-state index in [1.165, 1.54) is 16.8 Å². The molecule has 0 aromatic carbocycles. The highest BCUT2D eigenvalue weighted by Crippen LogP contribution is 2.12. The van der Waals surface area contributed by atoms with Crippen LogP contribution in [0.25, 0.3) is 0 Å². The average Bonchev–Trinajstić information content (AvgIpc) is 2.12. The summed E-state index contributed by atoms with van der Waals surface area (Å²) in [6.07, 6.45) is 11.8. The van der Waals surface area contributed by atoms with Crippen LogP contribution in [0.15, 0.2) is 47.2 Å². The lowest BCUT2D eigenvalue weighted by molar-refractivity contribution is 0.996. The van der Waals surface area contributed by atoms with Crippen LogP contribution in [0.2, 0.25) is 0 Å². The van der Waals surface area contributed by atoms with Crippen LogP contribution >= 0.6 is 0 Å². The number of nitrogens with one attached hydrogen (secondary N) is 1. The van der Waals surface area contributed by atoms with E-state index >= 15 is 0 Å². The minimum Gasteiger partial charge on any atom is -0.388 e. The van der Waals surface area contributed by atoms with E-state index in [9.17, 15) is 0 Å². The minimum atomic E-state index is 1.08. The summed E-state index contributed by atoms with van der Waals surface area (Å²) >= 11 is 0. The molecule has 0 amide bonds. The number of allylic oxidation sites excluding steroid dienone is 7. The summed E-state index contributed by atoms with van der Waals surface area (Å²) in [6.45, 7) is 4.28. The van der Waals surface area contributed by atoms with Crippen LogP contribution in [0, 0.1) is 0 Å². The summed E-state index contributed by atoms with van der Waals surface area (Å²) < 4.78 is 0. The molecule has 0 saturated carbocycles. The lowest BCUT2D eigenvalue weighted by atomic mass is 10.1.